The van der Waals surface area contributed by atoms with E-state index in [4.69, 9.17) is 11.6 Å². The number of hydrogen-bond acceptors (Lipinski definition) is 5. The van der Waals surface area contributed by atoms with Crippen molar-refractivity contribution >= 4 is 22.9 Å². The molecule has 130 valence electrons. The van der Waals surface area contributed by atoms with Gasteiger partial charge in [0.05, 0.1) is 12.1 Å². The summed E-state index contributed by atoms with van der Waals surface area (Å²) in [5.41, 5.74) is -0.214. The van der Waals surface area contributed by atoms with Gasteiger partial charge in [0, 0.05) is 23.3 Å². The van der Waals surface area contributed by atoms with Gasteiger partial charge in [0.2, 0.25) is 0 Å². The van der Waals surface area contributed by atoms with Gasteiger partial charge in [-0.2, -0.15) is 4.98 Å². The number of hydrogen-bond donors (Lipinski definition) is 0. The van der Waals surface area contributed by atoms with Gasteiger partial charge in [0.15, 0.2) is 10.3 Å². The van der Waals surface area contributed by atoms with E-state index < -0.39 is 5.69 Å². The lowest BCUT2D eigenvalue weighted by atomic mass is 9.95. The molecule has 0 N–H and O–H groups in total. The Morgan fingerprint density at radius 3 is 2.76 bits per heavy atom. The van der Waals surface area contributed by atoms with Crippen LogP contribution in [0, 0.1) is 0 Å². The summed E-state index contributed by atoms with van der Waals surface area (Å²) >= 11 is 7.25. The fraction of sp³-hybridized carbons (Fsp3) is 0.412. The lowest BCUT2D eigenvalue weighted by Crippen LogP contribution is -2.41. The number of fused-ring (bicyclic) bond motifs is 1. The van der Waals surface area contributed by atoms with Gasteiger partial charge in [0.25, 0.3) is 5.56 Å². The van der Waals surface area contributed by atoms with Crippen LogP contribution < -0.4 is 11.2 Å². The molecule has 0 radical (unpaired) electrons. The molecule has 4 rings (SSSR count). The Morgan fingerprint density at radius 1 is 1.24 bits per heavy atom. The van der Waals surface area contributed by atoms with Crippen molar-refractivity contribution in [2.75, 3.05) is 0 Å². The number of thiazole rings is 1. The van der Waals surface area contributed by atoms with Gasteiger partial charge in [-0.05, 0) is 25.0 Å². The third-order valence-electron chi connectivity index (χ3n) is 4.69. The summed E-state index contributed by atoms with van der Waals surface area (Å²) in [6.45, 7) is 0.473. The first-order valence-electron chi connectivity index (χ1n) is 8.35. The average molecular weight is 377 g/mol. The average Bonchev–Trinajstić information content (AvgIpc) is 3.02. The lowest BCUT2D eigenvalue weighted by molar-refractivity contribution is 0.336. The monoisotopic (exact) mass is 376 g/mol. The van der Waals surface area contributed by atoms with Gasteiger partial charge in [-0.1, -0.05) is 30.9 Å². The van der Waals surface area contributed by atoms with Crippen LogP contribution in [0.1, 0.15) is 43.0 Å². The van der Waals surface area contributed by atoms with Crippen LogP contribution >= 0.6 is 22.9 Å². The molecule has 25 heavy (non-hydrogen) atoms. The number of pyridine rings is 1. The van der Waals surface area contributed by atoms with E-state index in [1.54, 1.807) is 16.8 Å². The summed E-state index contributed by atoms with van der Waals surface area (Å²) < 4.78 is 3.62. The molecule has 0 unspecified atom stereocenters. The zero-order chi connectivity index (χ0) is 17.4. The first-order chi connectivity index (χ1) is 12.1. The summed E-state index contributed by atoms with van der Waals surface area (Å²) in [5.74, 6) is 0.411. The first-order valence-corrected chi connectivity index (χ1v) is 9.55. The molecule has 1 fully saturated rings. The summed E-state index contributed by atoms with van der Waals surface area (Å²) in [7, 11) is 0. The lowest BCUT2D eigenvalue weighted by Gasteiger charge is -2.24. The Balaban J connectivity index is 1.80. The van der Waals surface area contributed by atoms with Gasteiger partial charge < -0.3 is 4.57 Å². The van der Waals surface area contributed by atoms with E-state index in [2.05, 4.69) is 9.97 Å². The molecule has 0 spiro atoms. The Labute approximate surface area is 153 Å². The molecule has 0 atom stereocenters. The molecule has 1 aromatic rings. The van der Waals surface area contributed by atoms with E-state index in [9.17, 15) is 9.59 Å². The standard InChI is InChI=1S/C17H17ClN4O2S/c18-16-19-9-12(25-16)10-21-8-4-7-13-14(21)20-17(24)22(15(13)23)11-5-2-1-3-6-11/h4,7-9,11H,1-3,5-6,10H2. The van der Waals surface area contributed by atoms with E-state index in [1.165, 1.54) is 15.9 Å². The second-order valence-corrected chi connectivity index (χ2v) is 8.01. The number of rotatable bonds is 3. The molecule has 3 heterocycles. The van der Waals surface area contributed by atoms with Crippen molar-refractivity contribution in [3.05, 3.63) is 54.7 Å². The van der Waals surface area contributed by atoms with E-state index in [1.807, 2.05) is 12.3 Å². The molecular weight excluding hydrogens is 360 g/mol. The van der Waals surface area contributed by atoms with Crippen LogP contribution in [-0.4, -0.2) is 19.1 Å². The van der Waals surface area contributed by atoms with Crippen LogP contribution in [0.5, 0.6) is 0 Å². The summed E-state index contributed by atoms with van der Waals surface area (Å²) in [6.07, 6.45) is 8.51. The van der Waals surface area contributed by atoms with Crippen molar-refractivity contribution in [3.63, 3.8) is 0 Å². The maximum Gasteiger partial charge on any atom is 0.352 e. The smallest absolute Gasteiger partial charge is 0.327 e. The van der Waals surface area contributed by atoms with Crippen LogP contribution in [0.2, 0.25) is 4.47 Å². The van der Waals surface area contributed by atoms with Crippen molar-refractivity contribution in [1.29, 1.82) is 0 Å². The summed E-state index contributed by atoms with van der Waals surface area (Å²) in [4.78, 5) is 34.7. The number of aromatic nitrogens is 4. The molecular formula is C17H17ClN4O2S. The predicted molar refractivity (Wildman–Crippen MR) is 97.7 cm³/mol. The maximum atomic E-state index is 12.9. The second kappa shape index (κ2) is 6.72. The Hall–Kier alpha value is -1.99. The van der Waals surface area contributed by atoms with Crippen molar-refractivity contribution in [1.82, 2.24) is 19.1 Å². The quantitative estimate of drug-likeness (QED) is 0.704. The largest absolute Gasteiger partial charge is 0.352 e. The highest BCUT2D eigenvalue weighted by Gasteiger charge is 2.23. The highest BCUT2D eigenvalue weighted by Crippen LogP contribution is 2.27. The van der Waals surface area contributed by atoms with Crippen molar-refractivity contribution in [2.45, 2.75) is 44.7 Å². The third kappa shape index (κ3) is 3.14. The van der Waals surface area contributed by atoms with Gasteiger partial charge in [-0.15, -0.1) is 11.3 Å². The van der Waals surface area contributed by atoms with Crippen molar-refractivity contribution in [3.8, 4) is 11.4 Å². The highest BCUT2D eigenvalue weighted by molar-refractivity contribution is 7.15. The van der Waals surface area contributed by atoms with Crippen molar-refractivity contribution < 1.29 is 0 Å². The van der Waals surface area contributed by atoms with E-state index in [0.29, 0.717) is 22.4 Å². The summed E-state index contributed by atoms with van der Waals surface area (Å²) in [5, 5.41) is 0. The minimum Gasteiger partial charge on any atom is -0.327 e. The fourth-order valence-electron chi connectivity index (χ4n) is 3.51. The third-order valence-corrected chi connectivity index (χ3v) is 5.79. The molecule has 8 heteroatoms. The molecule has 1 saturated carbocycles. The second-order valence-electron chi connectivity index (χ2n) is 6.31. The van der Waals surface area contributed by atoms with Crippen LogP contribution in [0.4, 0.5) is 0 Å². The molecule has 0 bridgehead atoms. The predicted octanol–water partition coefficient (Wildman–Crippen LogP) is 3.17. The molecule has 0 saturated heterocycles. The van der Waals surface area contributed by atoms with Crippen LogP contribution in [0.3, 0.4) is 0 Å². The van der Waals surface area contributed by atoms with Gasteiger partial charge in [-0.25, -0.2) is 9.78 Å². The first kappa shape index (κ1) is 16.5. The minimum atomic E-state index is -0.452. The SMILES string of the molecule is O=c1nc2n(Cc3cnc(Cl)s3)cccc-2c(=O)n1C1CCCCC1. The number of nitrogens with zero attached hydrogens (tertiary/aromatic N) is 4. The molecule has 3 aliphatic rings. The Morgan fingerprint density at radius 2 is 2.04 bits per heavy atom. The van der Waals surface area contributed by atoms with E-state index in [-0.39, 0.29) is 11.6 Å². The Bertz CT molecular complexity index is 987. The summed E-state index contributed by atoms with van der Waals surface area (Å²) in [6, 6.07) is 3.52. The zero-order valence-corrected chi connectivity index (χ0v) is 15.1. The topological polar surface area (TPSA) is 69.8 Å². The Kier molecular flexibility index (Phi) is 4.43. The van der Waals surface area contributed by atoms with Gasteiger partial charge in [-0.3, -0.25) is 9.36 Å². The normalized spacial score (nSPS) is 15.7. The van der Waals surface area contributed by atoms with Crippen LogP contribution in [0.15, 0.2) is 34.1 Å². The van der Waals surface area contributed by atoms with E-state index >= 15 is 0 Å². The fourth-order valence-corrected chi connectivity index (χ4v) is 4.49. The van der Waals surface area contributed by atoms with E-state index in [0.717, 1.165) is 37.0 Å². The van der Waals surface area contributed by atoms with Gasteiger partial charge >= 0.3 is 5.69 Å². The van der Waals surface area contributed by atoms with Crippen molar-refractivity contribution in [2.24, 2.45) is 0 Å². The minimum absolute atomic E-state index is 0.0281. The van der Waals surface area contributed by atoms with Crippen LogP contribution in [0.25, 0.3) is 11.4 Å². The maximum absolute atomic E-state index is 12.9. The zero-order valence-electron chi connectivity index (χ0n) is 13.5. The molecule has 2 aliphatic heterocycles. The van der Waals surface area contributed by atoms with Gasteiger partial charge in [0.1, 0.15) is 0 Å². The molecule has 0 amide bonds. The molecule has 1 aliphatic carbocycles. The number of halogens is 1. The molecule has 0 aromatic carbocycles. The van der Waals surface area contributed by atoms with Crippen LogP contribution in [-0.2, 0) is 6.54 Å². The molecule has 1 aromatic heterocycles. The molecule has 6 nitrogen and oxygen atoms in total. The highest BCUT2D eigenvalue weighted by atomic mass is 35.5.